The summed E-state index contributed by atoms with van der Waals surface area (Å²) in [6, 6.07) is 0. The van der Waals surface area contributed by atoms with Crippen LogP contribution < -0.4 is 4.89 Å². The van der Waals surface area contributed by atoms with Crippen molar-refractivity contribution in [3.05, 3.63) is 122 Å². The Morgan fingerprint density at radius 2 is 0.574 bits per heavy atom. The van der Waals surface area contributed by atoms with Gasteiger partial charge in [0.15, 0.2) is 6.10 Å². The molecule has 0 radical (unpaired) electrons. The summed E-state index contributed by atoms with van der Waals surface area (Å²) >= 11 is 0. The van der Waals surface area contributed by atoms with Gasteiger partial charge in [0, 0.05) is 12.8 Å². The average molecular weight is 1330 g/mol. The fourth-order valence-electron chi connectivity index (χ4n) is 11.1. The van der Waals surface area contributed by atoms with Crippen molar-refractivity contribution in [1.82, 2.24) is 0 Å². The lowest BCUT2D eigenvalue weighted by Gasteiger charge is -2.28. The fraction of sp³-hybridized carbons (Fsp3) is 0.738. The minimum absolute atomic E-state index is 0.0321. The van der Waals surface area contributed by atoms with Crippen molar-refractivity contribution in [3.63, 3.8) is 0 Å². The van der Waals surface area contributed by atoms with Crippen LogP contribution in [0.1, 0.15) is 348 Å². The van der Waals surface area contributed by atoms with Crippen molar-refractivity contribution in [3.8, 4) is 0 Å². The van der Waals surface area contributed by atoms with Crippen LogP contribution in [-0.4, -0.2) is 70.0 Å². The van der Waals surface area contributed by atoms with Crippen LogP contribution in [-0.2, 0) is 32.7 Å². The molecular formula is C84H148NO8P. The molecule has 0 amide bonds. The fourth-order valence-corrected chi connectivity index (χ4v) is 11.8. The second-order valence-electron chi connectivity index (χ2n) is 27.3. The number of phosphoric acid groups is 1. The summed E-state index contributed by atoms with van der Waals surface area (Å²) in [7, 11) is 1.17. The van der Waals surface area contributed by atoms with E-state index in [1.807, 2.05) is 21.1 Å². The molecule has 9 nitrogen and oxygen atoms in total. The highest BCUT2D eigenvalue weighted by molar-refractivity contribution is 7.45. The van der Waals surface area contributed by atoms with Crippen molar-refractivity contribution in [2.45, 2.75) is 354 Å². The number of carbonyl (C=O) groups excluding carboxylic acids is 2. The molecule has 2 atom stereocenters. The van der Waals surface area contributed by atoms with Gasteiger partial charge in [-0.05, 0) is 103 Å². The molecule has 0 bridgehead atoms. The molecule has 0 saturated heterocycles. The molecule has 0 N–H and O–H groups in total. The standard InChI is InChI=1S/C84H148NO8P/c1-6-8-10-12-14-16-18-20-22-24-26-28-30-32-34-36-38-39-40-41-42-43-44-45-47-49-51-53-55-57-59-61-63-65-67-69-71-73-75-77-84(87)93-82(81-92-94(88,89)91-79-78-85(3,4)5)80-90-83(86)76-74-72-70-68-66-64-62-60-58-56-54-52-50-48-46-37-35-33-31-29-27-25-23-21-19-17-15-13-11-9-7-2/h8-11,14-17,20-23,26-29,32,34,38-39,82H,6-7,12-13,18-19,24-25,30-31,33,35-37,40-81H2,1-5H3/b10-8-,11-9-,16-14-,17-15-,22-20-,23-21-,28-26-,29-27-,34-32-,39-38-. The van der Waals surface area contributed by atoms with Crippen molar-refractivity contribution in [1.29, 1.82) is 0 Å². The molecule has 0 aliphatic heterocycles. The zero-order valence-electron chi connectivity index (χ0n) is 61.9. The van der Waals surface area contributed by atoms with E-state index in [1.54, 1.807) is 0 Å². The Morgan fingerprint density at radius 1 is 0.330 bits per heavy atom. The van der Waals surface area contributed by atoms with Gasteiger partial charge in [0.1, 0.15) is 19.8 Å². The summed E-state index contributed by atoms with van der Waals surface area (Å²) in [4.78, 5) is 38.2. The molecule has 0 spiro atoms. The SMILES string of the molecule is CC/C=C\C/C=C\C/C=C\C/C=C\C/C=C\C/C=C\CCCCCCCCCCCCCCCCCCCCCCC(=O)OC(COC(=O)CCCCCCCCCCCCCCCCCCCC/C=C\C/C=C\C/C=C\C/C=C\CC)COP(=O)([O-])OCC[N+](C)(C)C. The number of quaternary nitrogens is 1. The van der Waals surface area contributed by atoms with Crippen molar-refractivity contribution >= 4 is 19.8 Å². The Balaban J connectivity index is 3.95. The molecule has 2 unspecified atom stereocenters. The number of carbonyl (C=O) groups is 2. The second kappa shape index (κ2) is 73.7. The van der Waals surface area contributed by atoms with Crippen LogP contribution >= 0.6 is 7.82 Å². The van der Waals surface area contributed by atoms with Gasteiger partial charge in [0.25, 0.3) is 7.82 Å². The molecule has 0 heterocycles. The van der Waals surface area contributed by atoms with E-state index in [0.717, 1.165) is 103 Å². The quantitative estimate of drug-likeness (QED) is 0.0195. The lowest BCUT2D eigenvalue weighted by Crippen LogP contribution is -2.37. The highest BCUT2D eigenvalue weighted by atomic mass is 31.2. The number of unbranched alkanes of at least 4 members (excludes halogenated alkanes) is 38. The number of nitrogens with zero attached hydrogens (tertiary/aromatic N) is 1. The van der Waals surface area contributed by atoms with E-state index in [4.69, 9.17) is 18.5 Å². The van der Waals surface area contributed by atoms with Gasteiger partial charge in [-0.1, -0.05) is 354 Å². The topological polar surface area (TPSA) is 111 Å². The lowest BCUT2D eigenvalue weighted by molar-refractivity contribution is -0.870. The maximum atomic E-state index is 12.9. The predicted molar refractivity (Wildman–Crippen MR) is 406 cm³/mol. The smallest absolute Gasteiger partial charge is 0.306 e. The van der Waals surface area contributed by atoms with E-state index in [2.05, 4.69) is 135 Å². The molecule has 0 aromatic rings. The second-order valence-corrected chi connectivity index (χ2v) is 28.7. The first-order valence-electron chi connectivity index (χ1n) is 39.2. The van der Waals surface area contributed by atoms with Gasteiger partial charge in [-0.3, -0.25) is 14.2 Å². The van der Waals surface area contributed by atoms with Crippen LogP contribution in [0.25, 0.3) is 0 Å². The molecule has 0 saturated carbocycles. The highest BCUT2D eigenvalue weighted by Crippen LogP contribution is 2.38. The first-order valence-corrected chi connectivity index (χ1v) is 40.7. The number of rotatable bonds is 72. The van der Waals surface area contributed by atoms with Gasteiger partial charge < -0.3 is 27.9 Å². The van der Waals surface area contributed by atoms with Crippen molar-refractivity contribution in [2.75, 3.05) is 47.5 Å². The third-order valence-electron chi connectivity index (χ3n) is 17.0. The predicted octanol–water partition coefficient (Wildman–Crippen LogP) is 25.5. The van der Waals surface area contributed by atoms with E-state index >= 15 is 0 Å². The zero-order valence-corrected chi connectivity index (χ0v) is 62.8. The van der Waals surface area contributed by atoms with Crippen LogP contribution in [0.15, 0.2) is 122 Å². The Bertz CT molecular complexity index is 2010. The number of hydrogen-bond donors (Lipinski definition) is 0. The molecule has 0 aromatic heterocycles. The average Bonchev–Trinajstić information content (AvgIpc) is 1.56. The minimum atomic E-state index is -4.65. The van der Waals surface area contributed by atoms with Crippen molar-refractivity contribution < 1.29 is 42.1 Å². The molecule has 0 rings (SSSR count). The molecule has 94 heavy (non-hydrogen) atoms. The Kier molecular flexibility index (Phi) is 70.8. The largest absolute Gasteiger partial charge is 0.756 e. The van der Waals surface area contributed by atoms with Gasteiger partial charge in [-0.2, -0.15) is 0 Å². The zero-order chi connectivity index (χ0) is 68.3. The monoisotopic (exact) mass is 1330 g/mol. The Morgan fingerprint density at radius 3 is 0.851 bits per heavy atom. The highest BCUT2D eigenvalue weighted by Gasteiger charge is 2.22. The van der Waals surface area contributed by atoms with E-state index in [9.17, 15) is 19.0 Å². The molecule has 0 aromatic carbocycles. The first-order chi connectivity index (χ1) is 46.0. The molecular weight excluding hydrogens is 1180 g/mol. The van der Waals surface area contributed by atoms with Crippen molar-refractivity contribution in [2.24, 2.45) is 0 Å². The summed E-state index contributed by atoms with van der Waals surface area (Å²) in [5.41, 5.74) is 0. The summed E-state index contributed by atoms with van der Waals surface area (Å²) in [6.07, 6.45) is 106. The Hall–Kier alpha value is -3.59. The van der Waals surface area contributed by atoms with Gasteiger partial charge >= 0.3 is 11.9 Å². The molecule has 542 valence electrons. The third kappa shape index (κ3) is 77.4. The van der Waals surface area contributed by atoms with E-state index in [0.29, 0.717) is 17.4 Å². The lowest BCUT2D eigenvalue weighted by atomic mass is 10.0. The van der Waals surface area contributed by atoms with Gasteiger partial charge in [0.05, 0.1) is 27.7 Å². The number of esters is 2. The van der Waals surface area contributed by atoms with E-state index < -0.39 is 26.5 Å². The number of ether oxygens (including phenoxy) is 2. The number of phosphoric ester groups is 1. The minimum Gasteiger partial charge on any atom is -0.756 e. The molecule has 10 heteroatoms. The summed E-state index contributed by atoms with van der Waals surface area (Å²) < 4.78 is 34.4. The van der Waals surface area contributed by atoms with Crippen LogP contribution in [0, 0.1) is 0 Å². The Labute approximate surface area is 581 Å². The van der Waals surface area contributed by atoms with Crippen LogP contribution in [0.2, 0.25) is 0 Å². The maximum absolute atomic E-state index is 12.9. The van der Waals surface area contributed by atoms with Crippen LogP contribution in [0.4, 0.5) is 0 Å². The number of allylic oxidation sites excluding steroid dienone is 20. The summed E-state index contributed by atoms with van der Waals surface area (Å²) in [6.45, 7) is 4.06. The van der Waals surface area contributed by atoms with Gasteiger partial charge in [-0.15, -0.1) is 0 Å². The molecule has 0 aliphatic rings. The normalized spacial score (nSPS) is 13.7. The van der Waals surface area contributed by atoms with Gasteiger partial charge in [0.2, 0.25) is 0 Å². The molecule has 0 aliphatic carbocycles. The number of hydrogen-bond acceptors (Lipinski definition) is 8. The van der Waals surface area contributed by atoms with E-state index in [1.165, 1.54) is 212 Å². The summed E-state index contributed by atoms with van der Waals surface area (Å²) in [5, 5.41) is 0. The molecule has 0 fully saturated rings. The number of likely N-dealkylation sites (N-methyl/N-ethyl adjacent to an activating group) is 1. The maximum Gasteiger partial charge on any atom is 0.306 e. The van der Waals surface area contributed by atoms with Gasteiger partial charge in [-0.25, -0.2) is 0 Å². The third-order valence-corrected chi connectivity index (χ3v) is 17.9. The summed E-state index contributed by atoms with van der Waals surface area (Å²) in [5.74, 6) is -0.820. The first kappa shape index (κ1) is 90.4. The van der Waals surface area contributed by atoms with Crippen LogP contribution in [0.5, 0.6) is 0 Å². The van der Waals surface area contributed by atoms with Crippen LogP contribution in [0.3, 0.4) is 0 Å². The van der Waals surface area contributed by atoms with E-state index in [-0.39, 0.29) is 32.0 Å².